The molecule has 1 aromatic carbocycles. The highest BCUT2D eigenvalue weighted by Gasteiger charge is 2.33. The van der Waals surface area contributed by atoms with Gasteiger partial charge in [-0.25, -0.2) is 9.78 Å². The van der Waals surface area contributed by atoms with Crippen LogP contribution in [0.3, 0.4) is 0 Å². The number of benzene rings is 1. The molecule has 2 aromatic rings. The van der Waals surface area contributed by atoms with Crippen LogP contribution >= 0.6 is 11.3 Å². The van der Waals surface area contributed by atoms with E-state index in [2.05, 4.69) is 10.3 Å². The van der Waals surface area contributed by atoms with Gasteiger partial charge in [0.25, 0.3) is 5.91 Å². The molecule has 4 rings (SSSR count). The Morgan fingerprint density at radius 3 is 2.79 bits per heavy atom. The van der Waals surface area contributed by atoms with Crippen molar-refractivity contribution in [2.45, 2.75) is 19.9 Å². The van der Waals surface area contributed by atoms with Crippen LogP contribution in [0.2, 0.25) is 0 Å². The van der Waals surface area contributed by atoms with Crippen LogP contribution in [0.25, 0.3) is 0 Å². The number of nitrogens with zero attached hydrogens (tertiary/aromatic N) is 3. The molecular formula is C24H26N4O4S. The number of esters is 1. The Bertz CT molecular complexity index is 1110. The second kappa shape index (κ2) is 9.99. The highest BCUT2D eigenvalue weighted by molar-refractivity contribution is 7.17. The van der Waals surface area contributed by atoms with Gasteiger partial charge in [-0.3, -0.25) is 14.5 Å². The minimum atomic E-state index is -0.317. The number of carbonyl (C=O) groups excluding carboxylic acids is 3. The summed E-state index contributed by atoms with van der Waals surface area (Å²) in [6.07, 6.45) is 6.34. The molecule has 0 radical (unpaired) electrons. The van der Waals surface area contributed by atoms with Gasteiger partial charge in [0.2, 0.25) is 0 Å². The monoisotopic (exact) mass is 466 g/mol. The summed E-state index contributed by atoms with van der Waals surface area (Å²) in [5, 5.41) is 3.44. The minimum absolute atomic E-state index is 0.158. The molecule has 1 atom stereocenters. The highest BCUT2D eigenvalue weighted by atomic mass is 32.1. The number of urea groups is 1. The van der Waals surface area contributed by atoms with Gasteiger partial charge in [0.05, 0.1) is 18.7 Å². The van der Waals surface area contributed by atoms with Crippen molar-refractivity contribution in [1.82, 2.24) is 15.2 Å². The van der Waals surface area contributed by atoms with Crippen LogP contribution in [0.1, 0.15) is 27.3 Å². The average Bonchev–Trinajstić information content (AvgIpc) is 3.40. The molecule has 2 aliphatic rings. The summed E-state index contributed by atoms with van der Waals surface area (Å²) >= 11 is 1.22. The number of aromatic nitrogens is 1. The van der Waals surface area contributed by atoms with Crippen molar-refractivity contribution in [3.05, 3.63) is 70.3 Å². The molecular weight excluding hydrogens is 440 g/mol. The number of hydrogen-bond acceptors (Lipinski definition) is 6. The summed E-state index contributed by atoms with van der Waals surface area (Å²) in [4.78, 5) is 45.9. The summed E-state index contributed by atoms with van der Waals surface area (Å²) in [6, 6.07) is 9.53. The molecule has 1 aliphatic heterocycles. The van der Waals surface area contributed by atoms with Gasteiger partial charge in [0, 0.05) is 26.2 Å². The Kier molecular flexibility index (Phi) is 6.88. The van der Waals surface area contributed by atoms with Crippen LogP contribution in [-0.2, 0) is 16.1 Å². The van der Waals surface area contributed by atoms with E-state index < -0.39 is 0 Å². The number of anilines is 1. The number of carbonyl (C=O) groups is 3. The molecule has 1 aliphatic carbocycles. The van der Waals surface area contributed by atoms with Crippen LogP contribution in [0.15, 0.2) is 54.1 Å². The Morgan fingerprint density at radius 2 is 2.03 bits per heavy atom. The maximum Gasteiger partial charge on any atom is 0.326 e. The first-order valence-electron chi connectivity index (χ1n) is 10.8. The number of ether oxygens (including phenoxy) is 1. The normalized spacial score (nSPS) is 17.8. The number of thiazole rings is 1. The lowest BCUT2D eigenvalue weighted by molar-refractivity contribution is -0.143. The number of hydrogen-bond donors (Lipinski definition) is 1. The third-order valence-corrected chi connectivity index (χ3v) is 6.81. The van der Waals surface area contributed by atoms with E-state index in [0.29, 0.717) is 48.3 Å². The number of allylic oxidation sites excluding steroid dienone is 1. The van der Waals surface area contributed by atoms with Gasteiger partial charge >= 0.3 is 12.0 Å². The number of nitrogens with one attached hydrogen (secondary N) is 1. The molecule has 1 saturated heterocycles. The molecule has 2 heterocycles. The fourth-order valence-corrected chi connectivity index (χ4v) is 4.87. The molecule has 3 amide bonds. The fraction of sp³-hybridized carbons (Fsp3) is 0.333. The van der Waals surface area contributed by atoms with Crippen molar-refractivity contribution < 1.29 is 19.1 Å². The first-order valence-corrected chi connectivity index (χ1v) is 11.6. The van der Waals surface area contributed by atoms with Crippen LogP contribution < -0.4 is 10.2 Å². The van der Waals surface area contributed by atoms with E-state index in [1.807, 2.05) is 48.6 Å². The topological polar surface area (TPSA) is 91.8 Å². The molecule has 172 valence electrons. The van der Waals surface area contributed by atoms with Crippen molar-refractivity contribution in [3.8, 4) is 0 Å². The van der Waals surface area contributed by atoms with Gasteiger partial charge in [-0.1, -0.05) is 59.9 Å². The summed E-state index contributed by atoms with van der Waals surface area (Å²) in [6.45, 7) is 3.65. The molecule has 33 heavy (non-hydrogen) atoms. The second-order valence-corrected chi connectivity index (χ2v) is 8.92. The molecule has 1 aromatic heterocycles. The molecule has 0 bridgehead atoms. The van der Waals surface area contributed by atoms with Crippen molar-refractivity contribution in [1.29, 1.82) is 0 Å². The van der Waals surface area contributed by atoms with E-state index in [0.717, 1.165) is 11.1 Å². The molecule has 1 fully saturated rings. The number of amides is 3. The van der Waals surface area contributed by atoms with E-state index in [-0.39, 0.29) is 23.8 Å². The van der Waals surface area contributed by atoms with E-state index >= 15 is 0 Å². The third-order valence-electron chi connectivity index (χ3n) is 5.63. The van der Waals surface area contributed by atoms with Crippen molar-refractivity contribution >= 4 is 34.4 Å². The largest absolute Gasteiger partial charge is 0.469 e. The van der Waals surface area contributed by atoms with Gasteiger partial charge in [-0.05, 0) is 24.5 Å². The van der Waals surface area contributed by atoms with Gasteiger partial charge in [0.15, 0.2) is 5.13 Å². The summed E-state index contributed by atoms with van der Waals surface area (Å²) < 4.78 is 4.83. The van der Waals surface area contributed by atoms with Crippen LogP contribution in [0.4, 0.5) is 9.93 Å². The van der Waals surface area contributed by atoms with Crippen LogP contribution in [-0.4, -0.2) is 54.5 Å². The second-order valence-electron chi connectivity index (χ2n) is 7.94. The zero-order chi connectivity index (χ0) is 23.4. The molecule has 0 saturated carbocycles. The standard InChI is InChI=1S/C24H26N4O4S/c1-16-20(21(29)25-14-17-7-4-3-5-8-17)33-23(26-16)28-12-11-27(24(28)31)15-18-9-6-10-19(13-18)22(30)32-2/h3-9,13,19H,10-12,14-15H2,1-2H3,(H,25,29). The predicted octanol–water partition coefficient (Wildman–Crippen LogP) is 3.30. The lowest BCUT2D eigenvalue weighted by Gasteiger charge is -2.20. The number of aryl methyl sites for hydroxylation is 1. The third kappa shape index (κ3) is 5.14. The lowest BCUT2D eigenvalue weighted by Crippen LogP contribution is -2.33. The van der Waals surface area contributed by atoms with E-state index in [4.69, 9.17) is 4.74 Å². The highest BCUT2D eigenvalue weighted by Crippen LogP contribution is 2.29. The maximum absolute atomic E-state index is 13.0. The van der Waals surface area contributed by atoms with Crippen molar-refractivity contribution in [2.75, 3.05) is 31.6 Å². The fourth-order valence-electron chi connectivity index (χ4n) is 3.86. The smallest absolute Gasteiger partial charge is 0.326 e. The molecule has 8 nitrogen and oxygen atoms in total. The number of methoxy groups -OCH3 is 1. The zero-order valence-corrected chi connectivity index (χ0v) is 19.4. The quantitative estimate of drug-likeness (QED) is 0.632. The molecule has 0 spiro atoms. The molecule has 1 N–H and O–H groups in total. The zero-order valence-electron chi connectivity index (χ0n) is 18.6. The van der Waals surface area contributed by atoms with Gasteiger partial charge in [-0.15, -0.1) is 0 Å². The van der Waals surface area contributed by atoms with E-state index in [1.165, 1.54) is 18.4 Å². The molecule has 9 heteroatoms. The molecule has 1 unspecified atom stereocenters. The first kappa shape index (κ1) is 22.7. The summed E-state index contributed by atoms with van der Waals surface area (Å²) in [5.41, 5.74) is 2.52. The average molecular weight is 467 g/mol. The summed E-state index contributed by atoms with van der Waals surface area (Å²) in [5.74, 6) is -0.792. The van der Waals surface area contributed by atoms with Crippen molar-refractivity contribution in [2.24, 2.45) is 5.92 Å². The van der Waals surface area contributed by atoms with E-state index in [1.54, 1.807) is 16.7 Å². The lowest BCUT2D eigenvalue weighted by atomic mass is 9.96. The van der Waals surface area contributed by atoms with Crippen LogP contribution in [0.5, 0.6) is 0 Å². The van der Waals surface area contributed by atoms with Gasteiger partial charge in [-0.2, -0.15) is 0 Å². The van der Waals surface area contributed by atoms with Gasteiger partial charge in [0.1, 0.15) is 4.88 Å². The Balaban J connectivity index is 1.39. The predicted molar refractivity (Wildman–Crippen MR) is 126 cm³/mol. The van der Waals surface area contributed by atoms with Gasteiger partial charge < -0.3 is 15.0 Å². The SMILES string of the molecule is COC(=O)C1C=C(CN2CCN(c3nc(C)c(C(=O)NCc4ccccc4)s3)C2=O)C=CC1. The number of rotatable bonds is 7. The Morgan fingerprint density at radius 1 is 1.24 bits per heavy atom. The Hall–Kier alpha value is -3.46. The van der Waals surface area contributed by atoms with Crippen LogP contribution in [0, 0.1) is 12.8 Å². The maximum atomic E-state index is 13.0. The summed E-state index contributed by atoms with van der Waals surface area (Å²) in [7, 11) is 1.38. The van der Waals surface area contributed by atoms with E-state index in [9.17, 15) is 14.4 Å². The minimum Gasteiger partial charge on any atom is -0.469 e. The Labute approximate surface area is 196 Å². The van der Waals surface area contributed by atoms with Crippen molar-refractivity contribution in [3.63, 3.8) is 0 Å². The first-order chi connectivity index (χ1) is 16.0.